The number of halogens is 3. The predicted molar refractivity (Wildman–Crippen MR) is 73.5 cm³/mol. The first kappa shape index (κ1) is 13.3. The molecule has 2 aromatic carbocycles. The second-order valence-electron chi connectivity index (χ2n) is 4.10. The fourth-order valence-corrected chi connectivity index (χ4v) is 2.07. The molecule has 2 rings (SSSR count). The Balaban J connectivity index is 2.16. The minimum Gasteiger partial charge on any atom is -0.324 e. The van der Waals surface area contributed by atoms with E-state index in [0.29, 0.717) is 22.0 Å². The van der Waals surface area contributed by atoms with Crippen LogP contribution in [0.3, 0.4) is 0 Å². The molecule has 4 heteroatoms. The van der Waals surface area contributed by atoms with Crippen LogP contribution in [0.25, 0.3) is 0 Å². The van der Waals surface area contributed by atoms with Crippen molar-refractivity contribution in [3.63, 3.8) is 0 Å². The van der Waals surface area contributed by atoms with Crippen molar-refractivity contribution >= 4 is 23.2 Å². The first-order chi connectivity index (χ1) is 8.56. The predicted octanol–water partition coefficient (Wildman–Crippen LogP) is 4.38. The summed E-state index contributed by atoms with van der Waals surface area (Å²) in [5, 5.41) is 1.04. The molecule has 1 nitrogen and oxygen atoms in total. The van der Waals surface area contributed by atoms with Crippen molar-refractivity contribution in [2.24, 2.45) is 5.73 Å². The summed E-state index contributed by atoms with van der Waals surface area (Å²) in [6.45, 7) is 0. The molecule has 2 N–H and O–H groups in total. The molecule has 2 aromatic rings. The number of nitrogens with two attached hydrogens (primary N) is 1. The fourth-order valence-electron chi connectivity index (χ4n) is 1.79. The van der Waals surface area contributed by atoms with Crippen LogP contribution in [0.5, 0.6) is 0 Å². The lowest BCUT2D eigenvalue weighted by molar-refractivity contribution is 0.580. The van der Waals surface area contributed by atoms with Crippen molar-refractivity contribution in [2.45, 2.75) is 12.5 Å². The zero-order valence-electron chi connectivity index (χ0n) is 9.54. The minimum absolute atomic E-state index is 0.370. The van der Waals surface area contributed by atoms with Crippen molar-refractivity contribution in [2.75, 3.05) is 0 Å². The molecular formula is C14H12Cl2FN. The number of benzene rings is 2. The molecule has 1 atom stereocenters. The van der Waals surface area contributed by atoms with E-state index >= 15 is 0 Å². The molecule has 18 heavy (non-hydrogen) atoms. The van der Waals surface area contributed by atoms with E-state index in [1.165, 1.54) is 6.07 Å². The third-order valence-electron chi connectivity index (χ3n) is 2.73. The first-order valence-corrected chi connectivity index (χ1v) is 6.27. The first-order valence-electron chi connectivity index (χ1n) is 5.51. The lowest BCUT2D eigenvalue weighted by Crippen LogP contribution is -2.14. The van der Waals surface area contributed by atoms with Crippen LogP contribution in [-0.4, -0.2) is 0 Å². The van der Waals surface area contributed by atoms with E-state index in [0.717, 1.165) is 5.56 Å². The zero-order valence-corrected chi connectivity index (χ0v) is 11.0. The smallest absolute Gasteiger partial charge is 0.129 e. The number of hydrogen-bond donors (Lipinski definition) is 1. The SMILES string of the molecule is NC(Cc1ccc(Cl)cc1)c1ccc(Cl)cc1F. The van der Waals surface area contributed by atoms with Gasteiger partial charge in [-0.1, -0.05) is 41.4 Å². The van der Waals surface area contributed by atoms with Gasteiger partial charge in [0, 0.05) is 21.7 Å². The highest BCUT2D eigenvalue weighted by atomic mass is 35.5. The van der Waals surface area contributed by atoms with Gasteiger partial charge in [-0.15, -0.1) is 0 Å². The molecule has 0 saturated carbocycles. The summed E-state index contributed by atoms with van der Waals surface area (Å²) in [6.07, 6.45) is 0.551. The van der Waals surface area contributed by atoms with Crippen LogP contribution in [0.4, 0.5) is 4.39 Å². The fraction of sp³-hybridized carbons (Fsp3) is 0.143. The third-order valence-corrected chi connectivity index (χ3v) is 3.22. The largest absolute Gasteiger partial charge is 0.324 e. The van der Waals surface area contributed by atoms with E-state index in [4.69, 9.17) is 28.9 Å². The number of hydrogen-bond acceptors (Lipinski definition) is 1. The van der Waals surface area contributed by atoms with E-state index in [9.17, 15) is 4.39 Å². The van der Waals surface area contributed by atoms with Gasteiger partial charge >= 0.3 is 0 Å². The Morgan fingerprint density at radius 1 is 1.00 bits per heavy atom. The molecule has 0 bridgehead atoms. The van der Waals surface area contributed by atoms with Gasteiger partial charge in [-0.2, -0.15) is 0 Å². The zero-order chi connectivity index (χ0) is 13.1. The quantitative estimate of drug-likeness (QED) is 0.889. The standard InChI is InChI=1S/C14H12Cl2FN/c15-10-3-1-9(2-4-10)7-14(18)12-6-5-11(16)8-13(12)17/h1-6,8,14H,7,18H2. The van der Waals surface area contributed by atoms with Gasteiger partial charge in [-0.25, -0.2) is 4.39 Å². The lowest BCUT2D eigenvalue weighted by atomic mass is 9.99. The molecule has 0 spiro atoms. The second kappa shape index (κ2) is 5.70. The van der Waals surface area contributed by atoms with Crippen molar-refractivity contribution in [1.82, 2.24) is 0 Å². The van der Waals surface area contributed by atoms with Gasteiger partial charge < -0.3 is 5.73 Å². The van der Waals surface area contributed by atoms with Gasteiger partial charge in [-0.3, -0.25) is 0 Å². The summed E-state index contributed by atoms with van der Waals surface area (Å²) in [6, 6.07) is 11.5. The van der Waals surface area contributed by atoms with Crippen LogP contribution in [0.2, 0.25) is 10.0 Å². The maximum atomic E-state index is 13.7. The Kier molecular flexibility index (Phi) is 4.23. The van der Waals surface area contributed by atoms with E-state index < -0.39 is 6.04 Å². The van der Waals surface area contributed by atoms with Crippen molar-refractivity contribution in [1.29, 1.82) is 0 Å². The maximum Gasteiger partial charge on any atom is 0.129 e. The monoisotopic (exact) mass is 283 g/mol. The Bertz CT molecular complexity index is 540. The van der Waals surface area contributed by atoms with Gasteiger partial charge in [0.05, 0.1) is 0 Å². The molecule has 0 amide bonds. The highest BCUT2D eigenvalue weighted by Gasteiger charge is 2.12. The summed E-state index contributed by atoms with van der Waals surface area (Å²) in [5.41, 5.74) is 7.48. The third kappa shape index (κ3) is 3.22. The summed E-state index contributed by atoms with van der Waals surface area (Å²) >= 11 is 11.5. The maximum absolute atomic E-state index is 13.7. The van der Waals surface area contributed by atoms with Crippen LogP contribution >= 0.6 is 23.2 Å². The Labute approximate surface area is 115 Å². The van der Waals surface area contributed by atoms with Crippen LogP contribution in [0.15, 0.2) is 42.5 Å². The highest BCUT2D eigenvalue weighted by molar-refractivity contribution is 6.30. The van der Waals surface area contributed by atoms with Gasteiger partial charge in [0.15, 0.2) is 0 Å². The van der Waals surface area contributed by atoms with Crippen molar-refractivity contribution in [3.8, 4) is 0 Å². The summed E-state index contributed by atoms with van der Waals surface area (Å²) in [7, 11) is 0. The van der Waals surface area contributed by atoms with E-state index in [1.807, 2.05) is 12.1 Å². The van der Waals surface area contributed by atoms with Crippen LogP contribution < -0.4 is 5.73 Å². The summed E-state index contributed by atoms with van der Waals surface area (Å²) < 4.78 is 13.7. The molecule has 0 heterocycles. The normalized spacial score (nSPS) is 12.4. The average molecular weight is 284 g/mol. The Morgan fingerprint density at radius 3 is 2.22 bits per heavy atom. The summed E-state index contributed by atoms with van der Waals surface area (Å²) in [5.74, 6) is -0.371. The molecule has 0 radical (unpaired) electrons. The van der Waals surface area contributed by atoms with Crippen LogP contribution in [-0.2, 0) is 6.42 Å². The lowest BCUT2D eigenvalue weighted by Gasteiger charge is -2.13. The van der Waals surface area contributed by atoms with Crippen molar-refractivity contribution < 1.29 is 4.39 Å². The van der Waals surface area contributed by atoms with Crippen LogP contribution in [0, 0.1) is 5.82 Å². The van der Waals surface area contributed by atoms with E-state index in [-0.39, 0.29) is 5.82 Å². The molecule has 0 aliphatic rings. The molecule has 0 aromatic heterocycles. The minimum atomic E-state index is -0.400. The molecule has 0 fully saturated rings. The van der Waals surface area contributed by atoms with E-state index in [1.54, 1.807) is 24.3 Å². The van der Waals surface area contributed by atoms with Gasteiger partial charge in [-0.05, 0) is 36.2 Å². The second-order valence-corrected chi connectivity index (χ2v) is 4.98. The molecule has 0 aliphatic heterocycles. The Morgan fingerprint density at radius 2 is 1.61 bits per heavy atom. The van der Waals surface area contributed by atoms with Crippen molar-refractivity contribution in [3.05, 3.63) is 69.5 Å². The molecule has 94 valence electrons. The molecule has 0 saturated heterocycles. The summed E-state index contributed by atoms with van der Waals surface area (Å²) in [4.78, 5) is 0. The Hall–Kier alpha value is -1.09. The van der Waals surface area contributed by atoms with Crippen LogP contribution in [0.1, 0.15) is 17.2 Å². The van der Waals surface area contributed by atoms with Gasteiger partial charge in [0.25, 0.3) is 0 Å². The topological polar surface area (TPSA) is 26.0 Å². The molecular weight excluding hydrogens is 272 g/mol. The molecule has 1 unspecified atom stereocenters. The van der Waals surface area contributed by atoms with Gasteiger partial charge in [0.1, 0.15) is 5.82 Å². The molecule has 0 aliphatic carbocycles. The average Bonchev–Trinajstić information content (AvgIpc) is 2.32. The van der Waals surface area contributed by atoms with Gasteiger partial charge in [0.2, 0.25) is 0 Å². The van der Waals surface area contributed by atoms with E-state index in [2.05, 4.69) is 0 Å². The number of rotatable bonds is 3. The highest BCUT2D eigenvalue weighted by Crippen LogP contribution is 2.22.